The van der Waals surface area contributed by atoms with Crippen molar-refractivity contribution in [2.45, 2.75) is 0 Å². The average Bonchev–Trinajstić information content (AvgIpc) is 2.83. The highest BCUT2D eigenvalue weighted by atomic mass is 16.6. The summed E-state index contributed by atoms with van der Waals surface area (Å²) in [6.07, 6.45) is 1.41. The zero-order chi connectivity index (χ0) is 22.7. The molecule has 0 atom stereocenters. The second-order valence-corrected chi connectivity index (χ2v) is 7.04. The molecule has 10 heteroatoms. The molecule has 10 nitrogen and oxygen atoms in total. The van der Waals surface area contributed by atoms with Crippen LogP contribution in [-0.4, -0.2) is 49.3 Å². The number of methoxy groups -OCH3 is 1. The molecule has 0 bridgehead atoms. The smallest absolute Gasteiger partial charge is 0.345 e. The zero-order valence-electron chi connectivity index (χ0n) is 17.2. The number of nitro groups is 1. The quantitative estimate of drug-likeness (QED) is 0.365. The van der Waals surface area contributed by atoms with Gasteiger partial charge in [-0.15, -0.1) is 0 Å². The third kappa shape index (κ3) is 3.89. The molecule has 3 aromatic rings. The first-order valence-corrected chi connectivity index (χ1v) is 9.81. The Hall–Kier alpha value is -4.23. The van der Waals surface area contributed by atoms with Crippen LogP contribution in [0.5, 0.6) is 0 Å². The van der Waals surface area contributed by atoms with Crippen LogP contribution >= 0.6 is 0 Å². The van der Waals surface area contributed by atoms with Gasteiger partial charge in [-0.3, -0.25) is 15.1 Å². The molecule has 1 saturated heterocycles. The number of benzene rings is 2. The van der Waals surface area contributed by atoms with Gasteiger partial charge in [-0.2, -0.15) is 5.26 Å². The van der Waals surface area contributed by atoms with Gasteiger partial charge >= 0.3 is 11.7 Å². The summed E-state index contributed by atoms with van der Waals surface area (Å²) >= 11 is 0. The van der Waals surface area contributed by atoms with E-state index in [2.05, 4.69) is 16.4 Å². The van der Waals surface area contributed by atoms with Gasteiger partial charge in [0.25, 0.3) is 0 Å². The van der Waals surface area contributed by atoms with Crippen LogP contribution in [-0.2, 0) is 9.47 Å². The second-order valence-electron chi connectivity index (χ2n) is 7.04. The minimum Gasteiger partial charge on any atom is -0.465 e. The number of para-hydroxylation sites is 1. The molecule has 2 heterocycles. The Morgan fingerprint density at radius 1 is 1.31 bits per heavy atom. The van der Waals surface area contributed by atoms with Crippen LogP contribution in [0.4, 0.5) is 22.7 Å². The normalized spacial score (nSPS) is 13.4. The molecule has 162 valence electrons. The van der Waals surface area contributed by atoms with Crippen molar-refractivity contribution in [1.29, 1.82) is 5.26 Å². The molecular formula is C22H19N5O5. The summed E-state index contributed by atoms with van der Waals surface area (Å²) < 4.78 is 10.2. The fourth-order valence-electron chi connectivity index (χ4n) is 3.68. The minimum atomic E-state index is -0.824. The molecule has 1 aliphatic heterocycles. The maximum atomic E-state index is 12.5. The Morgan fingerprint density at radius 3 is 2.75 bits per heavy atom. The van der Waals surface area contributed by atoms with Gasteiger partial charge in [-0.25, -0.2) is 4.79 Å². The largest absolute Gasteiger partial charge is 0.465 e. The van der Waals surface area contributed by atoms with E-state index in [-0.39, 0.29) is 16.8 Å². The van der Waals surface area contributed by atoms with Crippen molar-refractivity contribution in [3.05, 3.63) is 63.8 Å². The van der Waals surface area contributed by atoms with E-state index in [4.69, 9.17) is 9.47 Å². The Bertz CT molecular complexity index is 1250. The number of hydrogen-bond acceptors (Lipinski definition) is 9. The van der Waals surface area contributed by atoms with Crippen LogP contribution < -0.4 is 10.2 Å². The number of pyridine rings is 1. The number of ether oxygens (including phenoxy) is 2. The van der Waals surface area contributed by atoms with Gasteiger partial charge in [0, 0.05) is 30.4 Å². The maximum Gasteiger partial charge on any atom is 0.345 e. The number of carbonyl (C=O) groups is 1. The molecular weight excluding hydrogens is 414 g/mol. The van der Waals surface area contributed by atoms with Crippen molar-refractivity contribution in [3.8, 4) is 6.07 Å². The highest BCUT2D eigenvalue weighted by molar-refractivity contribution is 6.01. The van der Waals surface area contributed by atoms with E-state index in [1.54, 1.807) is 24.3 Å². The van der Waals surface area contributed by atoms with Crippen LogP contribution in [0.1, 0.15) is 15.9 Å². The van der Waals surface area contributed by atoms with Crippen LogP contribution in [0.2, 0.25) is 0 Å². The Kier molecular flexibility index (Phi) is 5.83. The first-order chi connectivity index (χ1) is 15.5. The molecule has 0 aliphatic carbocycles. The van der Waals surface area contributed by atoms with Crippen LogP contribution in [0.15, 0.2) is 42.6 Å². The van der Waals surface area contributed by atoms with Gasteiger partial charge in [0.05, 0.1) is 42.0 Å². The van der Waals surface area contributed by atoms with Crippen molar-refractivity contribution < 1.29 is 19.2 Å². The lowest BCUT2D eigenvalue weighted by molar-refractivity contribution is -0.384. The number of nitro benzene ring substituents is 1. The highest BCUT2D eigenvalue weighted by Crippen LogP contribution is 2.38. The number of anilines is 3. The first kappa shape index (κ1) is 21.0. The Labute approximate surface area is 183 Å². The van der Waals surface area contributed by atoms with Crippen LogP contribution in [0.3, 0.4) is 0 Å². The molecule has 0 saturated carbocycles. The lowest BCUT2D eigenvalue weighted by Gasteiger charge is -2.29. The third-order valence-electron chi connectivity index (χ3n) is 5.21. The standard InChI is InChI=1S/C22H19N5O5/c1-31-22(28)17-10-15(26-6-8-32-9-7-26)11-19(21(17)27(29)30)25-20-14(12-23)13-24-18-5-3-2-4-16(18)20/h2-5,10-11,13H,6-9H2,1H3,(H,24,25). The highest BCUT2D eigenvalue weighted by Gasteiger charge is 2.29. The van der Waals surface area contributed by atoms with Crippen molar-refractivity contribution in [2.75, 3.05) is 43.6 Å². The van der Waals surface area contributed by atoms with Crippen molar-refractivity contribution in [1.82, 2.24) is 4.98 Å². The molecule has 1 fully saturated rings. The predicted molar refractivity (Wildman–Crippen MR) is 117 cm³/mol. The van der Waals surface area contributed by atoms with E-state index in [1.807, 2.05) is 11.0 Å². The number of carbonyl (C=O) groups excluding carboxylic acids is 1. The van der Waals surface area contributed by atoms with Gasteiger partial charge in [0.2, 0.25) is 0 Å². The number of esters is 1. The molecule has 32 heavy (non-hydrogen) atoms. The fraction of sp³-hybridized carbons (Fsp3) is 0.227. The summed E-state index contributed by atoms with van der Waals surface area (Å²) in [6, 6.07) is 12.3. The minimum absolute atomic E-state index is 0.0762. The summed E-state index contributed by atoms with van der Waals surface area (Å²) in [5, 5.41) is 25.3. The summed E-state index contributed by atoms with van der Waals surface area (Å²) in [5.41, 5.74) is 1.28. The van der Waals surface area contributed by atoms with Crippen molar-refractivity contribution in [3.63, 3.8) is 0 Å². The number of nitriles is 1. The molecule has 1 aromatic heterocycles. The van der Waals surface area contributed by atoms with E-state index in [1.165, 1.54) is 19.4 Å². The van der Waals surface area contributed by atoms with E-state index in [0.717, 1.165) is 0 Å². The summed E-state index contributed by atoms with van der Waals surface area (Å²) in [4.78, 5) is 30.1. The van der Waals surface area contributed by atoms with Gasteiger partial charge in [0.15, 0.2) is 0 Å². The Balaban J connectivity index is 1.93. The van der Waals surface area contributed by atoms with Crippen molar-refractivity contribution >= 4 is 39.6 Å². The van der Waals surface area contributed by atoms with Gasteiger partial charge in [-0.1, -0.05) is 18.2 Å². The second kappa shape index (κ2) is 8.87. The molecule has 4 rings (SSSR count). The van der Waals surface area contributed by atoms with E-state index in [0.29, 0.717) is 48.6 Å². The topological polar surface area (TPSA) is 131 Å². The fourth-order valence-corrected chi connectivity index (χ4v) is 3.68. The molecule has 0 amide bonds. The number of rotatable bonds is 5. The molecule has 1 N–H and O–H groups in total. The number of morpholine rings is 1. The number of nitrogens with one attached hydrogen (secondary N) is 1. The monoisotopic (exact) mass is 433 g/mol. The number of aromatic nitrogens is 1. The van der Waals surface area contributed by atoms with Crippen molar-refractivity contribution in [2.24, 2.45) is 0 Å². The summed E-state index contributed by atoms with van der Waals surface area (Å²) in [5.74, 6) is -0.824. The number of hydrogen-bond donors (Lipinski definition) is 1. The van der Waals surface area contributed by atoms with Crippen LogP contribution in [0.25, 0.3) is 10.9 Å². The molecule has 0 radical (unpaired) electrons. The average molecular weight is 433 g/mol. The number of nitrogens with zero attached hydrogens (tertiary/aromatic N) is 4. The molecule has 2 aromatic carbocycles. The predicted octanol–water partition coefficient (Wildman–Crippen LogP) is 3.38. The lowest BCUT2D eigenvalue weighted by atomic mass is 10.1. The van der Waals surface area contributed by atoms with E-state index >= 15 is 0 Å². The molecule has 1 aliphatic rings. The van der Waals surface area contributed by atoms with Crippen LogP contribution in [0, 0.1) is 21.4 Å². The van der Waals surface area contributed by atoms with Gasteiger partial charge < -0.3 is 19.7 Å². The first-order valence-electron chi connectivity index (χ1n) is 9.81. The SMILES string of the molecule is COC(=O)c1cc(N2CCOCC2)cc(Nc2c(C#N)cnc3ccccc23)c1[N+](=O)[O-]. The van der Waals surface area contributed by atoms with Gasteiger partial charge in [0.1, 0.15) is 17.3 Å². The summed E-state index contributed by atoms with van der Waals surface area (Å²) in [6.45, 7) is 2.14. The number of fused-ring (bicyclic) bond motifs is 1. The lowest BCUT2D eigenvalue weighted by Crippen LogP contribution is -2.36. The zero-order valence-corrected chi connectivity index (χ0v) is 17.2. The third-order valence-corrected chi connectivity index (χ3v) is 5.21. The molecule has 0 unspecified atom stereocenters. The molecule has 0 spiro atoms. The van der Waals surface area contributed by atoms with E-state index in [9.17, 15) is 20.2 Å². The van der Waals surface area contributed by atoms with Gasteiger partial charge in [-0.05, 0) is 18.2 Å². The van der Waals surface area contributed by atoms with E-state index < -0.39 is 16.6 Å². The Morgan fingerprint density at radius 2 is 2.06 bits per heavy atom. The summed E-state index contributed by atoms with van der Waals surface area (Å²) in [7, 11) is 1.17. The maximum absolute atomic E-state index is 12.5.